The van der Waals surface area contributed by atoms with E-state index in [1.54, 1.807) is 30.3 Å². The fraction of sp³-hybridized carbons (Fsp3) is 0.125. The number of ether oxygens (including phenoxy) is 3. The summed E-state index contributed by atoms with van der Waals surface area (Å²) in [6.07, 6.45) is 0. The second-order valence-corrected chi connectivity index (χ2v) is 9.45. The van der Waals surface area contributed by atoms with Gasteiger partial charge in [-0.25, -0.2) is 8.42 Å². The lowest BCUT2D eigenvalue weighted by atomic mass is 10.2. The Labute approximate surface area is 205 Å². The predicted molar refractivity (Wildman–Crippen MR) is 128 cm³/mol. The third kappa shape index (κ3) is 4.29. The zero-order valence-corrected chi connectivity index (χ0v) is 19.7. The molecule has 1 aromatic heterocycles. The highest BCUT2D eigenvalue weighted by Crippen LogP contribution is 2.39. The highest BCUT2D eigenvalue weighted by Gasteiger charge is 2.31. The zero-order valence-electron chi connectivity index (χ0n) is 18.8. The number of fused-ring (bicyclic) bond motifs is 1. The number of rotatable bonds is 7. The number of hydrogen-bond donors (Lipinski definition) is 1. The molecule has 0 spiro atoms. The van der Waals surface area contributed by atoms with Gasteiger partial charge in [0.05, 0.1) is 16.9 Å². The number of hydrogen-bond acceptors (Lipinski definition) is 10. The van der Waals surface area contributed by atoms with Gasteiger partial charge in [0.2, 0.25) is 26.6 Å². The van der Waals surface area contributed by atoms with Gasteiger partial charge < -0.3 is 23.9 Å². The maximum Gasteiger partial charge on any atom is 0.282 e. The number of sulfone groups is 1. The van der Waals surface area contributed by atoms with E-state index in [4.69, 9.17) is 18.6 Å². The summed E-state index contributed by atoms with van der Waals surface area (Å²) in [6.45, 7) is 0.643. The molecule has 12 heteroatoms. The van der Waals surface area contributed by atoms with Crippen LogP contribution in [-0.2, 0) is 9.84 Å². The molecule has 2 heterocycles. The minimum atomic E-state index is -4.25. The van der Waals surface area contributed by atoms with Crippen molar-refractivity contribution in [3.8, 4) is 28.7 Å². The number of methoxy groups -OCH3 is 1. The average Bonchev–Trinajstić information content (AvgIpc) is 3.33. The lowest BCUT2D eigenvalue weighted by Crippen LogP contribution is -2.16. The van der Waals surface area contributed by atoms with E-state index in [0.29, 0.717) is 23.8 Å². The van der Waals surface area contributed by atoms with Crippen molar-refractivity contribution in [3.05, 3.63) is 76.8 Å². The lowest BCUT2D eigenvalue weighted by Gasteiger charge is -2.18. The van der Waals surface area contributed by atoms with Crippen molar-refractivity contribution in [2.45, 2.75) is 9.92 Å². The van der Waals surface area contributed by atoms with E-state index >= 15 is 0 Å². The number of para-hydroxylation sites is 1. The number of nitrogens with one attached hydrogen (secondary N) is 1. The maximum atomic E-state index is 13.7. The summed E-state index contributed by atoms with van der Waals surface area (Å²) >= 11 is 0. The summed E-state index contributed by atoms with van der Waals surface area (Å²) in [5.74, 6) is 0.882. The van der Waals surface area contributed by atoms with Crippen LogP contribution in [0.1, 0.15) is 0 Å². The van der Waals surface area contributed by atoms with Crippen molar-refractivity contribution in [1.82, 2.24) is 4.98 Å². The van der Waals surface area contributed by atoms with Crippen molar-refractivity contribution in [2.75, 3.05) is 25.6 Å². The Balaban J connectivity index is 1.63. The second-order valence-electron chi connectivity index (χ2n) is 7.59. The van der Waals surface area contributed by atoms with Crippen LogP contribution >= 0.6 is 0 Å². The van der Waals surface area contributed by atoms with Crippen LogP contribution in [0.2, 0.25) is 0 Å². The molecule has 1 aliphatic heterocycles. The predicted octanol–water partition coefficient (Wildman–Crippen LogP) is 4.61. The SMILES string of the molecule is COc1ccc(Nc2oc(-c3ccccc3[N+](=O)[O-])nc2S(=O)(=O)c2ccc3c(c2)OCCO3)cc1. The molecule has 184 valence electrons. The van der Waals surface area contributed by atoms with Crippen molar-refractivity contribution >= 4 is 27.1 Å². The van der Waals surface area contributed by atoms with Gasteiger partial charge in [-0.2, -0.15) is 4.98 Å². The fourth-order valence-corrected chi connectivity index (χ4v) is 4.88. The minimum absolute atomic E-state index is 0.0314. The van der Waals surface area contributed by atoms with Gasteiger partial charge in [0.25, 0.3) is 5.69 Å². The summed E-state index contributed by atoms with van der Waals surface area (Å²) in [5, 5.41) is 14.0. The van der Waals surface area contributed by atoms with E-state index in [1.807, 2.05) is 0 Å². The van der Waals surface area contributed by atoms with Gasteiger partial charge >= 0.3 is 0 Å². The first-order chi connectivity index (χ1) is 17.4. The van der Waals surface area contributed by atoms with Gasteiger partial charge in [-0.05, 0) is 42.5 Å². The Bertz CT molecular complexity index is 1550. The van der Waals surface area contributed by atoms with Crippen molar-refractivity contribution < 1.29 is 32.0 Å². The van der Waals surface area contributed by atoms with Gasteiger partial charge in [-0.3, -0.25) is 10.1 Å². The molecular weight excluding hydrogens is 490 g/mol. The average molecular weight is 509 g/mol. The molecule has 0 atom stereocenters. The van der Waals surface area contributed by atoms with E-state index in [1.165, 1.54) is 43.5 Å². The summed E-state index contributed by atoms with van der Waals surface area (Å²) in [5.41, 5.74) is 0.238. The van der Waals surface area contributed by atoms with Crippen LogP contribution in [0.5, 0.6) is 17.2 Å². The Hall–Kier alpha value is -4.58. The van der Waals surface area contributed by atoms with Gasteiger partial charge in [0.15, 0.2) is 11.5 Å². The summed E-state index contributed by atoms with van der Waals surface area (Å²) in [7, 11) is -2.73. The van der Waals surface area contributed by atoms with Gasteiger partial charge in [0.1, 0.15) is 24.5 Å². The molecule has 1 N–H and O–H groups in total. The number of oxazole rings is 1. The molecule has 0 aliphatic carbocycles. The molecule has 0 unspecified atom stereocenters. The van der Waals surface area contributed by atoms with E-state index in [9.17, 15) is 18.5 Å². The molecule has 5 rings (SSSR count). The molecule has 3 aromatic carbocycles. The smallest absolute Gasteiger partial charge is 0.282 e. The molecule has 0 bridgehead atoms. The maximum absolute atomic E-state index is 13.7. The van der Waals surface area contributed by atoms with Crippen LogP contribution in [-0.4, -0.2) is 38.6 Å². The lowest BCUT2D eigenvalue weighted by molar-refractivity contribution is -0.384. The fourth-order valence-electron chi connectivity index (χ4n) is 3.60. The number of nitro benzene ring substituents is 1. The summed E-state index contributed by atoms with van der Waals surface area (Å²) in [6, 6.07) is 16.7. The highest BCUT2D eigenvalue weighted by molar-refractivity contribution is 7.91. The third-order valence-electron chi connectivity index (χ3n) is 5.35. The van der Waals surface area contributed by atoms with Crippen LogP contribution in [0.25, 0.3) is 11.5 Å². The minimum Gasteiger partial charge on any atom is -0.497 e. The number of benzene rings is 3. The number of nitro groups is 1. The molecular formula is C24H19N3O8S. The second kappa shape index (κ2) is 9.23. The molecule has 36 heavy (non-hydrogen) atoms. The molecule has 0 radical (unpaired) electrons. The first-order valence-electron chi connectivity index (χ1n) is 10.7. The van der Waals surface area contributed by atoms with E-state index < -0.39 is 19.8 Å². The normalized spacial score (nSPS) is 12.7. The van der Waals surface area contributed by atoms with Crippen molar-refractivity contribution in [3.63, 3.8) is 0 Å². The molecule has 11 nitrogen and oxygen atoms in total. The van der Waals surface area contributed by atoms with Gasteiger partial charge in [0, 0.05) is 17.8 Å². The van der Waals surface area contributed by atoms with Crippen LogP contribution in [0, 0.1) is 10.1 Å². The van der Waals surface area contributed by atoms with Crippen molar-refractivity contribution in [1.29, 1.82) is 0 Å². The van der Waals surface area contributed by atoms with Gasteiger partial charge in [-0.15, -0.1) is 0 Å². The zero-order chi connectivity index (χ0) is 25.3. The first kappa shape index (κ1) is 23.2. The Morgan fingerprint density at radius 3 is 2.44 bits per heavy atom. The van der Waals surface area contributed by atoms with Crippen LogP contribution < -0.4 is 19.5 Å². The van der Waals surface area contributed by atoms with Crippen molar-refractivity contribution in [2.24, 2.45) is 0 Å². The van der Waals surface area contributed by atoms with E-state index in [2.05, 4.69) is 10.3 Å². The topological polar surface area (TPSA) is 143 Å². The van der Waals surface area contributed by atoms with Crippen LogP contribution in [0.15, 0.2) is 81.1 Å². The Morgan fingerprint density at radius 1 is 1.00 bits per heavy atom. The molecule has 0 saturated carbocycles. The summed E-state index contributed by atoms with van der Waals surface area (Å²) in [4.78, 5) is 15.1. The van der Waals surface area contributed by atoms with Crippen LogP contribution in [0.3, 0.4) is 0 Å². The molecule has 1 aliphatic rings. The standard InChI is InChI=1S/C24H19N3O8S/c1-32-16-8-6-15(7-9-16)25-23-24(26-22(35-23)18-4-2-3-5-19(18)27(28)29)36(30,31)17-10-11-20-21(14-17)34-13-12-33-20/h2-11,14,25H,12-13H2,1H3. The van der Waals surface area contributed by atoms with Gasteiger partial charge in [-0.1, -0.05) is 12.1 Å². The number of anilines is 2. The van der Waals surface area contributed by atoms with E-state index in [-0.39, 0.29) is 40.3 Å². The third-order valence-corrected chi connectivity index (χ3v) is 7.01. The quantitative estimate of drug-likeness (QED) is 0.277. The highest BCUT2D eigenvalue weighted by atomic mass is 32.2. The number of aromatic nitrogens is 1. The Morgan fingerprint density at radius 2 is 1.72 bits per heavy atom. The molecule has 0 fully saturated rings. The molecule has 0 saturated heterocycles. The van der Waals surface area contributed by atoms with E-state index in [0.717, 1.165) is 0 Å². The number of nitrogens with zero attached hydrogens (tertiary/aromatic N) is 2. The van der Waals surface area contributed by atoms with Crippen LogP contribution in [0.4, 0.5) is 17.3 Å². The summed E-state index contributed by atoms with van der Waals surface area (Å²) < 4.78 is 49.3. The first-order valence-corrected chi connectivity index (χ1v) is 12.2. The Kier molecular flexibility index (Phi) is 5.94. The largest absolute Gasteiger partial charge is 0.497 e. The molecule has 4 aromatic rings. The molecule has 0 amide bonds. The monoisotopic (exact) mass is 509 g/mol.